The predicted octanol–water partition coefficient (Wildman–Crippen LogP) is 1.92. The topological polar surface area (TPSA) is 69.2 Å². The number of likely N-dealkylation sites (N-methyl/N-ethyl adjacent to an activating group) is 1. The molecule has 0 spiro atoms. The highest BCUT2D eigenvalue weighted by molar-refractivity contribution is 14.0. The number of carbonyl (C=O) groups excluding carboxylic acids is 1. The summed E-state index contributed by atoms with van der Waals surface area (Å²) in [6, 6.07) is 0.0608. The van der Waals surface area contributed by atoms with Crippen LogP contribution in [0.2, 0.25) is 0 Å². The molecule has 160 valence electrons. The Bertz CT molecular complexity index is 421. The zero-order valence-electron chi connectivity index (χ0n) is 17.6. The van der Waals surface area contributed by atoms with E-state index in [0.29, 0.717) is 0 Å². The van der Waals surface area contributed by atoms with E-state index in [1.807, 2.05) is 21.0 Å². The molecular formula is C19H40IN5O2. The molecule has 1 amide bonds. The Morgan fingerprint density at radius 1 is 1.22 bits per heavy atom. The van der Waals surface area contributed by atoms with Gasteiger partial charge in [-0.15, -0.1) is 24.0 Å². The molecule has 27 heavy (non-hydrogen) atoms. The van der Waals surface area contributed by atoms with Crippen molar-refractivity contribution in [1.29, 1.82) is 0 Å². The van der Waals surface area contributed by atoms with E-state index in [9.17, 15) is 4.79 Å². The molecule has 8 heteroatoms. The average Bonchev–Trinajstić information content (AvgIpc) is 3.09. The molecule has 0 aromatic carbocycles. The Hall–Kier alpha value is -0.610. The SMILES string of the molecule is CCNC(=NCCCN1CCCC1C(=O)N(C)C)NCCCCOCC.I. The summed E-state index contributed by atoms with van der Waals surface area (Å²) in [5, 5.41) is 6.67. The molecule has 1 fully saturated rings. The molecule has 1 aliphatic rings. The fraction of sp³-hybridized carbons (Fsp3) is 0.895. The maximum atomic E-state index is 12.2. The zero-order valence-corrected chi connectivity index (χ0v) is 20.0. The van der Waals surface area contributed by atoms with E-state index in [4.69, 9.17) is 4.74 Å². The number of guanidine groups is 1. The summed E-state index contributed by atoms with van der Waals surface area (Å²) >= 11 is 0. The molecule has 1 heterocycles. The third-order valence-corrected chi connectivity index (χ3v) is 4.52. The number of carbonyl (C=O) groups is 1. The molecular weight excluding hydrogens is 457 g/mol. The number of halogens is 1. The number of aliphatic imine (C=N–C) groups is 1. The van der Waals surface area contributed by atoms with Crippen LogP contribution in [0.15, 0.2) is 4.99 Å². The van der Waals surface area contributed by atoms with Crippen LogP contribution >= 0.6 is 24.0 Å². The number of ether oxygens (including phenoxy) is 1. The minimum atomic E-state index is 0. The van der Waals surface area contributed by atoms with Crippen LogP contribution in [0.4, 0.5) is 0 Å². The van der Waals surface area contributed by atoms with E-state index < -0.39 is 0 Å². The minimum Gasteiger partial charge on any atom is -0.382 e. The second kappa shape index (κ2) is 16.4. The molecule has 1 saturated heterocycles. The Labute approximate surface area is 182 Å². The summed E-state index contributed by atoms with van der Waals surface area (Å²) < 4.78 is 5.35. The van der Waals surface area contributed by atoms with E-state index in [1.165, 1.54) is 0 Å². The van der Waals surface area contributed by atoms with Crippen molar-refractivity contribution in [1.82, 2.24) is 20.4 Å². The summed E-state index contributed by atoms with van der Waals surface area (Å²) in [5.74, 6) is 1.11. The van der Waals surface area contributed by atoms with Crippen molar-refractivity contribution in [3.63, 3.8) is 0 Å². The number of nitrogens with one attached hydrogen (secondary N) is 2. The molecule has 1 atom stereocenters. The van der Waals surface area contributed by atoms with Gasteiger partial charge in [0.2, 0.25) is 5.91 Å². The quantitative estimate of drug-likeness (QED) is 0.187. The molecule has 0 aromatic heterocycles. The Morgan fingerprint density at radius 3 is 2.67 bits per heavy atom. The Kier molecular flexibility index (Phi) is 16.0. The largest absolute Gasteiger partial charge is 0.382 e. The van der Waals surface area contributed by atoms with Crippen molar-refractivity contribution in [3.05, 3.63) is 0 Å². The number of amides is 1. The number of rotatable bonds is 12. The molecule has 0 radical (unpaired) electrons. The maximum absolute atomic E-state index is 12.2. The van der Waals surface area contributed by atoms with Gasteiger partial charge in [-0.25, -0.2) is 0 Å². The first kappa shape index (κ1) is 26.4. The second-order valence-corrected chi connectivity index (χ2v) is 6.87. The lowest BCUT2D eigenvalue weighted by Gasteiger charge is -2.25. The zero-order chi connectivity index (χ0) is 19.2. The van der Waals surface area contributed by atoms with Gasteiger partial charge >= 0.3 is 0 Å². The summed E-state index contributed by atoms with van der Waals surface area (Å²) in [7, 11) is 3.68. The van der Waals surface area contributed by atoms with Crippen LogP contribution in [0.1, 0.15) is 46.0 Å². The Morgan fingerprint density at radius 2 is 2.00 bits per heavy atom. The normalized spacial score (nSPS) is 17.5. The van der Waals surface area contributed by atoms with E-state index in [1.54, 1.807) is 4.90 Å². The van der Waals surface area contributed by atoms with Gasteiger partial charge in [0.15, 0.2) is 5.96 Å². The van der Waals surface area contributed by atoms with Gasteiger partial charge in [0.05, 0.1) is 6.04 Å². The van der Waals surface area contributed by atoms with Gasteiger partial charge in [0.1, 0.15) is 0 Å². The monoisotopic (exact) mass is 497 g/mol. The standard InChI is InChI=1S/C19H39N5O2.HI/c1-5-20-19(21-12-7-8-16-26-6-2)22-13-10-15-24-14-9-11-17(24)18(25)23(3)4;/h17H,5-16H2,1-4H3,(H2,20,21,22);1H. The van der Waals surface area contributed by atoms with Gasteiger partial charge in [0, 0.05) is 53.5 Å². The number of hydrogen-bond acceptors (Lipinski definition) is 4. The van der Waals surface area contributed by atoms with Crippen LogP contribution in [0.3, 0.4) is 0 Å². The lowest BCUT2D eigenvalue weighted by molar-refractivity contribution is -0.133. The van der Waals surface area contributed by atoms with Crippen LogP contribution in [0.25, 0.3) is 0 Å². The summed E-state index contributed by atoms with van der Waals surface area (Å²) in [6.45, 7) is 10.2. The van der Waals surface area contributed by atoms with Crippen molar-refractivity contribution in [3.8, 4) is 0 Å². The number of hydrogen-bond donors (Lipinski definition) is 2. The first-order valence-corrected chi connectivity index (χ1v) is 10.1. The van der Waals surface area contributed by atoms with Crippen molar-refractivity contribution in [2.24, 2.45) is 4.99 Å². The van der Waals surface area contributed by atoms with Crippen LogP contribution in [0.5, 0.6) is 0 Å². The van der Waals surface area contributed by atoms with Crippen LogP contribution in [-0.4, -0.2) is 87.7 Å². The van der Waals surface area contributed by atoms with Gasteiger partial charge < -0.3 is 20.3 Å². The first-order chi connectivity index (χ1) is 12.6. The number of likely N-dealkylation sites (tertiary alicyclic amines) is 1. The molecule has 1 rings (SSSR count). The summed E-state index contributed by atoms with van der Waals surface area (Å²) in [6.07, 6.45) is 5.20. The average molecular weight is 497 g/mol. The molecule has 1 aliphatic heterocycles. The van der Waals surface area contributed by atoms with Crippen molar-refractivity contribution >= 4 is 35.8 Å². The highest BCUT2D eigenvalue weighted by atomic mass is 127. The molecule has 0 aromatic rings. The second-order valence-electron chi connectivity index (χ2n) is 6.87. The van der Waals surface area contributed by atoms with Crippen molar-refractivity contribution < 1.29 is 9.53 Å². The molecule has 7 nitrogen and oxygen atoms in total. The molecule has 0 bridgehead atoms. The lowest BCUT2D eigenvalue weighted by atomic mass is 10.2. The number of unbranched alkanes of at least 4 members (excludes halogenated alkanes) is 1. The highest BCUT2D eigenvalue weighted by Crippen LogP contribution is 2.18. The van der Waals surface area contributed by atoms with E-state index in [2.05, 4.69) is 27.4 Å². The molecule has 0 aliphatic carbocycles. The van der Waals surface area contributed by atoms with Crippen LogP contribution < -0.4 is 10.6 Å². The fourth-order valence-corrected chi connectivity index (χ4v) is 3.16. The van der Waals surface area contributed by atoms with Gasteiger partial charge in [0.25, 0.3) is 0 Å². The maximum Gasteiger partial charge on any atom is 0.239 e. The third-order valence-electron chi connectivity index (χ3n) is 4.52. The van der Waals surface area contributed by atoms with E-state index in [0.717, 1.165) is 84.0 Å². The third kappa shape index (κ3) is 11.1. The lowest BCUT2D eigenvalue weighted by Crippen LogP contribution is -2.43. The first-order valence-electron chi connectivity index (χ1n) is 10.1. The molecule has 2 N–H and O–H groups in total. The molecule has 1 unspecified atom stereocenters. The van der Waals surface area contributed by atoms with Crippen LogP contribution in [0, 0.1) is 0 Å². The predicted molar refractivity (Wildman–Crippen MR) is 123 cm³/mol. The molecule has 0 saturated carbocycles. The number of nitrogens with zero attached hydrogens (tertiary/aromatic N) is 3. The van der Waals surface area contributed by atoms with Crippen LogP contribution in [-0.2, 0) is 9.53 Å². The Balaban J connectivity index is 0.00000676. The summed E-state index contributed by atoms with van der Waals surface area (Å²) in [4.78, 5) is 20.9. The minimum absolute atomic E-state index is 0. The van der Waals surface area contributed by atoms with Gasteiger partial charge in [-0.1, -0.05) is 0 Å². The highest BCUT2D eigenvalue weighted by Gasteiger charge is 2.30. The van der Waals surface area contributed by atoms with Gasteiger partial charge in [-0.3, -0.25) is 14.7 Å². The van der Waals surface area contributed by atoms with E-state index >= 15 is 0 Å². The van der Waals surface area contributed by atoms with Gasteiger partial charge in [-0.2, -0.15) is 0 Å². The van der Waals surface area contributed by atoms with Crippen molar-refractivity contribution in [2.75, 3.05) is 60.0 Å². The fourth-order valence-electron chi connectivity index (χ4n) is 3.16. The van der Waals surface area contributed by atoms with E-state index in [-0.39, 0.29) is 35.9 Å². The van der Waals surface area contributed by atoms with Gasteiger partial charge in [-0.05, 0) is 52.5 Å². The smallest absolute Gasteiger partial charge is 0.239 e. The summed E-state index contributed by atoms with van der Waals surface area (Å²) in [5.41, 5.74) is 0. The van der Waals surface area contributed by atoms with Crippen molar-refractivity contribution in [2.45, 2.75) is 52.0 Å².